The summed E-state index contributed by atoms with van der Waals surface area (Å²) in [7, 11) is 0. The molecule has 2 atom stereocenters. The van der Waals surface area contributed by atoms with Crippen molar-refractivity contribution in [3.8, 4) is 0 Å². The van der Waals surface area contributed by atoms with Crippen molar-refractivity contribution in [1.29, 1.82) is 0 Å². The van der Waals surface area contributed by atoms with Crippen LogP contribution in [0.15, 0.2) is 0 Å². The van der Waals surface area contributed by atoms with Gasteiger partial charge in [-0.1, -0.05) is 6.92 Å². The van der Waals surface area contributed by atoms with Crippen LogP contribution in [0, 0.1) is 5.92 Å². The molecule has 1 rings (SSSR count). The summed E-state index contributed by atoms with van der Waals surface area (Å²) in [4.78, 5) is 0. The summed E-state index contributed by atoms with van der Waals surface area (Å²) in [5.74, 6) is 0.410. The summed E-state index contributed by atoms with van der Waals surface area (Å²) < 4.78 is 0. The summed E-state index contributed by atoms with van der Waals surface area (Å²) in [6.07, 6.45) is 0.755. The van der Waals surface area contributed by atoms with E-state index in [1.54, 1.807) is 0 Å². The molecule has 1 aliphatic rings. The minimum Gasteiger partial charge on any atom is -0.393 e. The first-order valence-corrected chi connectivity index (χ1v) is 3.94. The Morgan fingerprint density at radius 3 is 2.50 bits per heavy atom. The lowest BCUT2D eigenvalue weighted by Gasteiger charge is -2.37. The highest BCUT2D eigenvalue weighted by Gasteiger charge is 2.30. The Bertz CT molecular complexity index is 122. The van der Waals surface area contributed by atoms with Crippen LogP contribution in [0.4, 0.5) is 0 Å². The fraction of sp³-hybridized carbons (Fsp3) is 1.00. The summed E-state index contributed by atoms with van der Waals surface area (Å²) in [6, 6.07) is 0. The van der Waals surface area contributed by atoms with Gasteiger partial charge < -0.3 is 10.4 Å². The summed E-state index contributed by atoms with van der Waals surface area (Å²) >= 11 is 0. The predicted molar refractivity (Wildman–Crippen MR) is 41.9 cm³/mol. The average Bonchev–Trinajstić information content (AvgIpc) is 1.79. The Morgan fingerprint density at radius 1 is 1.50 bits per heavy atom. The minimum atomic E-state index is -0.115. The third kappa shape index (κ3) is 1.70. The molecule has 0 amide bonds. The quantitative estimate of drug-likeness (QED) is 0.524. The van der Waals surface area contributed by atoms with Gasteiger partial charge in [0.15, 0.2) is 0 Å². The molecule has 2 heteroatoms. The molecule has 0 saturated carbocycles. The second-order valence-electron chi connectivity index (χ2n) is 4.01. The maximum absolute atomic E-state index is 9.47. The average molecular weight is 143 g/mol. The highest BCUT2D eigenvalue weighted by Crippen LogP contribution is 2.21. The van der Waals surface area contributed by atoms with E-state index >= 15 is 0 Å². The smallest absolute Gasteiger partial charge is 0.0595 e. The van der Waals surface area contributed by atoms with Crippen LogP contribution < -0.4 is 5.32 Å². The molecule has 1 saturated heterocycles. The molecule has 0 radical (unpaired) electrons. The molecule has 0 spiro atoms. The van der Waals surface area contributed by atoms with Gasteiger partial charge in [-0.3, -0.25) is 0 Å². The monoisotopic (exact) mass is 143 g/mol. The molecule has 10 heavy (non-hydrogen) atoms. The van der Waals surface area contributed by atoms with Crippen molar-refractivity contribution in [2.45, 2.75) is 38.8 Å². The molecule has 0 aromatic carbocycles. The molecule has 1 aliphatic heterocycles. The highest BCUT2D eigenvalue weighted by molar-refractivity contribution is 4.88. The zero-order valence-electron chi connectivity index (χ0n) is 7.02. The topological polar surface area (TPSA) is 32.3 Å². The van der Waals surface area contributed by atoms with E-state index in [2.05, 4.69) is 26.1 Å². The van der Waals surface area contributed by atoms with Crippen LogP contribution in [-0.4, -0.2) is 23.3 Å². The minimum absolute atomic E-state index is 0.115. The second-order valence-corrected chi connectivity index (χ2v) is 4.01. The summed E-state index contributed by atoms with van der Waals surface area (Å²) in [5.41, 5.74) is 0.131. The molecule has 0 aliphatic carbocycles. The Labute approximate surface area is 62.6 Å². The number of nitrogens with one attached hydrogen (secondary N) is 1. The maximum atomic E-state index is 9.47. The van der Waals surface area contributed by atoms with Gasteiger partial charge in [0.05, 0.1) is 6.10 Å². The lowest BCUT2D eigenvalue weighted by molar-refractivity contribution is 0.0469. The van der Waals surface area contributed by atoms with E-state index in [0.29, 0.717) is 5.92 Å². The number of aliphatic hydroxyl groups is 1. The van der Waals surface area contributed by atoms with Crippen LogP contribution in [-0.2, 0) is 0 Å². The number of piperidine rings is 1. The van der Waals surface area contributed by atoms with Gasteiger partial charge >= 0.3 is 0 Å². The van der Waals surface area contributed by atoms with Gasteiger partial charge in [0.25, 0.3) is 0 Å². The third-order valence-electron chi connectivity index (χ3n) is 2.28. The van der Waals surface area contributed by atoms with Crippen LogP contribution in [0.2, 0.25) is 0 Å². The van der Waals surface area contributed by atoms with E-state index in [9.17, 15) is 5.11 Å². The van der Waals surface area contributed by atoms with Crippen molar-refractivity contribution < 1.29 is 5.11 Å². The third-order valence-corrected chi connectivity index (χ3v) is 2.28. The SMILES string of the molecule is CC1CNC(C)(C)CC1O. The van der Waals surface area contributed by atoms with Crippen molar-refractivity contribution in [2.24, 2.45) is 5.92 Å². The van der Waals surface area contributed by atoms with Crippen LogP contribution in [0.3, 0.4) is 0 Å². The molecular weight excluding hydrogens is 126 g/mol. The Hall–Kier alpha value is -0.0800. The van der Waals surface area contributed by atoms with Crippen molar-refractivity contribution in [3.63, 3.8) is 0 Å². The lowest BCUT2D eigenvalue weighted by atomic mass is 9.86. The summed E-state index contributed by atoms with van der Waals surface area (Å²) in [6.45, 7) is 7.27. The molecule has 2 nitrogen and oxygen atoms in total. The van der Waals surface area contributed by atoms with Gasteiger partial charge in [-0.05, 0) is 26.2 Å². The van der Waals surface area contributed by atoms with Crippen molar-refractivity contribution in [2.75, 3.05) is 6.54 Å². The standard InChI is InChI=1S/C8H17NO/c1-6-5-9-8(2,3)4-7(6)10/h6-7,9-10H,4-5H2,1-3H3. The first-order valence-electron chi connectivity index (χ1n) is 3.94. The molecule has 1 heterocycles. The van der Waals surface area contributed by atoms with E-state index in [1.807, 2.05) is 0 Å². The van der Waals surface area contributed by atoms with E-state index in [1.165, 1.54) is 0 Å². The van der Waals surface area contributed by atoms with Gasteiger partial charge in [-0.25, -0.2) is 0 Å². The first kappa shape index (κ1) is 8.02. The Morgan fingerprint density at radius 2 is 2.10 bits per heavy atom. The second kappa shape index (κ2) is 2.51. The zero-order chi connectivity index (χ0) is 7.78. The maximum Gasteiger partial charge on any atom is 0.0595 e. The van der Waals surface area contributed by atoms with Gasteiger partial charge in [0.1, 0.15) is 0 Å². The first-order chi connectivity index (χ1) is 4.51. The van der Waals surface area contributed by atoms with E-state index in [0.717, 1.165) is 13.0 Å². The molecule has 60 valence electrons. The molecule has 0 bridgehead atoms. The number of rotatable bonds is 0. The van der Waals surface area contributed by atoms with Crippen molar-refractivity contribution in [3.05, 3.63) is 0 Å². The number of hydrogen-bond acceptors (Lipinski definition) is 2. The number of aliphatic hydroxyl groups excluding tert-OH is 1. The number of hydrogen-bond donors (Lipinski definition) is 2. The van der Waals surface area contributed by atoms with Gasteiger partial charge in [-0.15, -0.1) is 0 Å². The highest BCUT2D eigenvalue weighted by atomic mass is 16.3. The largest absolute Gasteiger partial charge is 0.393 e. The molecule has 1 fully saturated rings. The van der Waals surface area contributed by atoms with E-state index in [4.69, 9.17) is 0 Å². The fourth-order valence-electron chi connectivity index (χ4n) is 1.37. The zero-order valence-corrected chi connectivity index (χ0v) is 7.02. The van der Waals surface area contributed by atoms with Crippen LogP contribution in [0.5, 0.6) is 0 Å². The fourth-order valence-corrected chi connectivity index (χ4v) is 1.37. The molecule has 0 aromatic rings. The lowest BCUT2D eigenvalue weighted by Crippen LogP contribution is -2.51. The van der Waals surface area contributed by atoms with Gasteiger partial charge in [0, 0.05) is 12.1 Å². The molecule has 2 N–H and O–H groups in total. The molecule has 0 aromatic heterocycles. The van der Waals surface area contributed by atoms with Crippen molar-refractivity contribution in [1.82, 2.24) is 5.32 Å². The van der Waals surface area contributed by atoms with E-state index in [-0.39, 0.29) is 11.6 Å². The van der Waals surface area contributed by atoms with Gasteiger partial charge in [-0.2, -0.15) is 0 Å². The predicted octanol–water partition coefficient (Wildman–Crippen LogP) is 0.755. The molecule has 2 unspecified atom stereocenters. The Kier molecular flexibility index (Phi) is 2.02. The molecular formula is C8H17NO. The normalized spacial score (nSPS) is 39.6. The van der Waals surface area contributed by atoms with Crippen LogP contribution in [0.25, 0.3) is 0 Å². The van der Waals surface area contributed by atoms with E-state index < -0.39 is 0 Å². The van der Waals surface area contributed by atoms with Crippen LogP contribution >= 0.6 is 0 Å². The summed E-state index contributed by atoms with van der Waals surface area (Å²) in [5, 5.41) is 12.9. The van der Waals surface area contributed by atoms with Crippen molar-refractivity contribution >= 4 is 0 Å². The van der Waals surface area contributed by atoms with Gasteiger partial charge in [0.2, 0.25) is 0 Å². The van der Waals surface area contributed by atoms with Crippen LogP contribution in [0.1, 0.15) is 27.2 Å². The Balaban J connectivity index is 2.49.